The molecule has 1 saturated heterocycles. The molecule has 2 rings (SSSR count). The molecule has 0 aromatic rings. The predicted octanol–water partition coefficient (Wildman–Crippen LogP) is -0.395. The van der Waals surface area contributed by atoms with Gasteiger partial charge in [0.15, 0.2) is 0 Å². The van der Waals surface area contributed by atoms with Crippen LogP contribution in [0.4, 0.5) is 0 Å². The summed E-state index contributed by atoms with van der Waals surface area (Å²) in [7, 11) is 0. The summed E-state index contributed by atoms with van der Waals surface area (Å²) >= 11 is 0. The Bertz CT molecular complexity index is 283. The quantitative estimate of drug-likeness (QED) is 0.669. The molecule has 1 aliphatic heterocycles. The van der Waals surface area contributed by atoms with Crippen LogP contribution in [0.3, 0.4) is 0 Å². The van der Waals surface area contributed by atoms with E-state index in [2.05, 4.69) is 5.32 Å². The Morgan fingerprint density at radius 2 is 1.94 bits per heavy atom. The Kier molecular flexibility index (Phi) is 3.43. The number of hydrogen-bond acceptors (Lipinski definition) is 3. The van der Waals surface area contributed by atoms with Gasteiger partial charge in [-0.1, -0.05) is 0 Å². The van der Waals surface area contributed by atoms with E-state index < -0.39 is 11.9 Å². The highest BCUT2D eigenvalue weighted by atomic mass is 16.2. The summed E-state index contributed by atoms with van der Waals surface area (Å²) in [6.07, 6.45) is 4.53. The van der Waals surface area contributed by atoms with Gasteiger partial charge in [0.2, 0.25) is 11.8 Å². The van der Waals surface area contributed by atoms with Crippen LogP contribution in [0, 0.1) is 0 Å². The molecule has 0 aromatic carbocycles. The van der Waals surface area contributed by atoms with Crippen LogP contribution < -0.4 is 11.1 Å². The smallest absolute Gasteiger partial charge is 0.235 e. The molecular weight excluding hydrogens is 206 g/mol. The molecule has 0 aromatic heterocycles. The van der Waals surface area contributed by atoms with Gasteiger partial charge in [-0.3, -0.25) is 9.59 Å². The highest BCUT2D eigenvalue weighted by Crippen LogP contribution is 2.20. The zero-order chi connectivity index (χ0) is 11.5. The molecule has 90 valence electrons. The number of amides is 2. The number of nitrogens with zero attached hydrogens (tertiary/aromatic N) is 1. The molecule has 0 bridgehead atoms. The van der Waals surface area contributed by atoms with Crippen molar-refractivity contribution in [3.05, 3.63) is 0 Å². The molecule has 2 aliphatic rings. The van der Waals surface area contributed by atoms with Crippen LogP contribution in [0.5, 0.6) is 0 Å². The van der Waals surface area contributed by atoms with E-state index in [1.54, 1.807) is 0 Å². The van der Waals surface area contributed by atoms with Crippen molar-refractivity contribution in [1.82, 2.24) is 10.2 Å². The summed E-state index contributed by atoms with van der Waals surface area (Å²) in [4.78, 5) is 24.9. The summed E-state index contributed by atoms with van der Waals surface area (Å²) in [5.41, 5.74) is 5.29. The van der Waals surface area contributed by atoms with E-state index in [4.69, 9.17) is 5.73 Å². The van der Waals surface area contributed by atoms with Crippen molar-refractivity contribution < 1.29 is 9.59 Å². The topological polar surface area (TPSA) is 75.4 Å². The summed E-state index contributed by atoms with van der Waals surface area (Å²) in [5.74, 6) is -0.367. The van der Waals surface area contributed by atoms with Crippen LogP contribution in [0.1, 0.15) is 32.1 Å². The van der Waals surface area contributed by atoms with E-state index in [9.17, 15) is 9.59 Å². The second-order valence-electron chi connectivity index (χ2n) is 4.69. The van der Waals surface area contributed by atoms with Gasteiger partial charge >= 0.3 is 0 Å². The summed E-state index contributed by atoms with van der Waals surface area (Å²) in [6.45, 7) is 1.65. The maximum absolute atomic E-state index is 11.8. The molecule has 1 saturated carbocycles. The summed E-state index contributed by atoms with van der Waals surface area (Å²) < 4.78 is 0. The maximum atomic E-state index is 11.8. The van der Waals surface area contributed by atoms with Crippen molar-refractivity contribution in [2.24, 2.45) is 5.73 Å². The minimum Gasteiger partial charge on any atom is -0.368 e. The Morgan fingerprint density at radius 3 is 2.44 bits per heavy atom. The van der Waals surface area contributed by atoms with Crippen LogP contribution in [-0.2, 0) is 9.59 Å². The average molecular weight is 225 g/mol. The lowest BCUT2D eigenvalue weighted by Crippen LogP contribution is -2.46. The number of nitrogens with two attached hydrogens (primary N) is 1. The monoisotopic (exact) mass is 225 g/mol. The molecule has 1 unspecified atom stereocenters. The Morgan fingerprint density at radius 1 is 1.31 bits per heavy atom. The van der Waals surface area contributed by atoms with Crippen molar-refractivity contribution in [3.8, 4) is 0 Å². The summed E-state index contributed by atoms with van der Waals surface area (Å²) in [6, 6.07) is -0.0931. The number of hydrogen-bond donors (Lipinski definition) is 2. The number of likely N-dealkylation sites (tertiary alicyclic amines) is 1. The third-order valence-electron chi connectivity index (χ3n) is 3.20. The Hall–Kier alpha value is -1.10. The molecule has 2 amide bonds. The molecule has 3 N–H and O–H groups in total. The highest BCUT2D eigenvalue weighted by molar-refractivity contribution is 5.87. The lowest BCUT2D eigenvalue weighted by atomic mass is 10.1. The lowest BCUT2D eigenvalue weighted by molar-refractivity contribution is -0.133. The summed E-state index contributed by atoms with van der Waals surface area (Å²) in [5, 5.41) is 3.12. The molecule has 2 fully saturated rings. The maximum Gasteiger partial charge on any atom is 0.235 e. The Labute approximate surface area is 95.3 Å². The molecule has 1 atom stereocenters. The van der Waals surface area contributed by atoms with Crippen LogP contribution in [0.25, 0.3) is 0 Å². The van der Waals surface area contributed by atoms with Gasteiger partial charge < -0.3 is 16.0 Å². The largest absolute Gasteiger partial charge is 0.368 e. The van der Waals surface area contributed by atoms with Crippen LogP contribution in [-0.4, -0.2) is 41.9 Å². The Balaban J connectivity index is 1.83. The van der Waals surface area contributed by atoms with E-state index in [1.807, 2.05) is 4.90 Å². The lowest BCUT2D eigenvalue weighted by Gasteiger charge is -2.19. The molecule has 1 heterocycles. The first-order valence-corrected chi connectivity index (χ1v) is 6.00. The fraction of sp³-hybridized carbons (Fsp3) is 0.818. The van der Waals surface area contributed by atoms with Gasteiger partial charge in [-0.2, -0.15) is 0 Å². The van der Waals surface area contributed by atoms with Gasteiger partial charge in [-0.25, -0.2) is 0 Å². The second-order valence-corrected chi connectivity index (χ2v) is 4.69. The zero-order valence-corrected chi connectivity index (χ0v) is 9.45. The minimum absolute atomic E-state index is 0.0504. The predicted molar refractivity (Wildman–Crippen MR) is 59.6 cm³/mol. The standard InChI is InChI=1S/C11H19N3O2/c12-11(16)9(13-8-3-4-8)7-10(15)14-5-1-2-6-14/h8-9,13H,1-7H2,(H2,12,16). The van der Waals surface area contributed by atoms with Gasteiger partial charge in [0, 0.05) is 19.1 Å². The van der Waals surface area contributed by atoms with E-state index in [-0.39, 0.29) is 12.3 Å². The van der Waals surface area contributed by atoms with Crippen molar-refractivity contribution in [2.45, 2.75) is 44.2 Å². The first-order valence-electron chi connectivity index (χ1n) is 6.00. The third-order valence-corrected chi connectivity index (χ3v) is 3.20. The number of primary amides is 1. The molecule has 5 nitrogen and oxygen atoms in total. The third kappa shape index (κ3) is 2.95. The van der Waals surface area contributed by atoms with Crippen molar-refractivity contribution in [1.29, 1.82) is 0 Å². The fourth-order valence-corrected chi connectivity index (χ4v) is 2.05. The molecule has 5 heteroatoms. The van der Waals surface area contributed by atoms with Crippen LogP contribution in [0.15, 0.2) is 0 Å². The van der Waals surface area contributed by atoms with Gasteiger partial charge in [-0.05, 0) is 25.7 Å². The van der Waals surface area contributed by atoms with E-state index >= 15 is 0 Å². The number of nitrogens with one attached hydrogen (secondary N) is 1. The van der Waals surface area contributed by atoms with Crippen molar-refractivity contribution >= 4 is 11.8 Å². The molecule has 1 aliphatic carbocycles. The fourth-order valence-electron chi connectivity index (χ4n) is 2.05. The van der Waals surface area contributed by atoms with Crippen molar-refractivity contribution in [3.63, 3.8) is 0 Å². The molecular formula is C11H19N3O2. The van der Waals surface area contributed by atoms with E-state index in [0.717, 1.165) is 38.8 Å². The average Bonchev–Trinajstić information content (AvgIpc) is 2.89. The van der Waals surface area contributed by atoms with Gasteiger partial charge in [0.05, 0.1) is 12.5 Å². The second kappa shape index (κ2) is 4.82. The zero-order valence-electron chi connectivity index (χ0n) is 9.45. The van der Waals surface area contributed by atoms with E-state index in [1.165, 1.54) is 0 Å². The number of carbonyl (C=O) groups is 2. The van der Waals surface area contributed by atoms with Gasteiger partial charge in [0.25, 0.3) is 0 Å². The minimum atomic E-state index is -0.486. The van der Waals surface area contributed by atoms with Crippen LogP contribution >= 0.6 is 0 Å². The normalized spacial score (nSPS) is 22.1. The van der Waals surface area contributed by atoms with Gasteiger partial charge in [0.1, 0.15) is 0 Å². The number of carbonyl (C=O) groups excluding carboxylic acids is 2. The van der Waals surface area contributed by atoms with Crippen LogP contribution in [0.2, 0.25) is 0 Å². The number of rotatable bonds is 5. The molecule has 0 spiro atoms. The SMILES string of the molecule is NC(=O)C(CC(=O)N1CCCC1)NC1CC1. The molecule has 0 radical (unpaired) electrons. The van der Waals surface area contributed by atoms with Crippen molar-refractivity contribution in [2.75, 3.05) is 13.1 Å². The van der Waals surface area contributed by atoms with Gasteiger partial charge in [-0.15, -0.1) is 0 Å². The van der Waals surface area contributed by atoms with E-state index in [0.29, 0.717) is 6.04 Å². The highest BCUT2D eigenvalue weighted by Gasteiger charge is 2.30. The first-order chi connectivity index (χ1) is 7.66. The molecule has 16 heavy (non-hydrogen) atoms. The first kappa shape index (κ1) is 11.4.